The molecule has 0 saturated carbocycles. The lowest BCUT2D eigenvalue weighted by atomic mass is 9.89. The highest BCUT2D eigenvalue weighted by atomic mass is 28.4. The molecule has 1 aromatic carbocycles. The molecule has 3 heteroatoms. The van der Waals surface area contributed by atoms with Gasteiger partial charge in [-0.2, -0.15) is 0 Å². The van der Waals surface area contributed by atoms with E-state index in [0.29, 0.717) is 24.0 Å². The fraction of sp³-hybridized carbons (Fsp3) is 0.619. The minimum Gasteiger partial charge on any atom is -0.508 e. The number of phenols is 1. The van der Waals surface area contributed by atoms with Gasteiger partial charge in [0.1, 0.15) is 5.75 Å². The third-order valence-corrected chi connectivity index (χ3v) is 9.65. The van der Waals surface area contributed by atoms with Gasteiger partial charge in [-0.3, -0.25) is 0 Å². The van der Waals surface area contributed by atoms with Crippen molar-refractivity contribution in [3.8, 4) is 5.75 Å². The summed E-state index contributed by atoms with van der Waals surface area (Å²) in [6.07, 6.45) is 3.62. The first-order chi connectivity index (χ1) is 11.0. The maximum atomic E-state index is 10.0. The van der Waals surface area contributed by atoms with Gasteiger partial charge >= 0.3 is 0 Å². The molecular formula is C21H36O2Si. The van der Waals surface area contributed by atoms with Crippen LogP contribution in [0.2, 0.25) is 18.1 Å². The normalized spacial score (nSPS) is 14.0. The number of phenolic OH excluding ortho intramolecular Hbond substituents is 1. The molecule has 24 heavy (non-hydrogen) atoms. The van der Waals surface area contributed by atoms with Gasteiger partial charge in [0.15, 0.2) is 8.32 Å². The second-order valence-corrected chi connectivity index (χ2v) is 13.6. The number of benzene rings is 1. The quantitative estimate of drug-likeness (QED) is 0.443. The van der Waals surface area contributed by atoms with Crippen molar-refractivity contribution in [2.24, 2.45) is 5.92 Å². The fourth-order valence-corrected chi connectivity index (χ4v) is 3.62. The van der Waals surface area contributed by atoms with E-state index in [-0.39, 0.29) is 5.04 Å². The predicted octanol–water partition coefficient (Wildman–Crippen LogP) is 6.27. The zero-order valence-corrected chi connectivity index (χ0v) is 17.6. The van der Waals surface area contributed by atoms with Gasteiger partial charge in [0, 0.05) is 12.5 Å². The molecule has 0 aliphatic rings. The van der Waals surface area contributed by atoms with Crippen molar-refractivity contribution < 1.29 is 9.53 Å². The maximum absolute atomic E-state index is 10.0. The Labute approximate surface area is 150 Å². The first kappa shape index (κ1) is 21.0. The second-order valence-electron chi connectivity index (χ2n) is 8.78. The van der Waals surface area contributed by atoms with Crippen LogP contribution in [0.15, 0.2) is 30.9 Å². The van der Waals surface area contributed by atoms with Crippen LogP contribution in [0, 0.1) is 5.92 Å². The Morgan fingerprint density at radius 3 is 2.38 bits per heavy atom. The Morgan fingerprint density at radius 2 is 1.88 bits per heavy atom. The summed E-state index contributed by atoms with van der Waals surface area (Å²) in [5, 5.41) is 10.2. The standard InChI is InChI=1S/C21H36O2Si/c1-9-10-18-14-17(11-12-20(18)22)19(13-16(2)3)15-23-24(7,8)21(4,5)6/h9,11-12,14,16,19,22H,1,10,13,15H2,2-8H3. The molecule has 1 atom stereocenters. The van der Waals surface area contributed by atoms with Gasteiger partial charge in [0.2, 0.25) is 0 Å². The van der Waals surface area contributed by atoms with Crippen molar-refractivity contribution in [2.75, 3.05) is 6.61 Å². The summed E-state index contributed by atoms with van der Waals surface area (Å²) >= 11 is 0. The molecule has 1 aromatic rings. The van der Waals surface area contributed by atoms with Crippen molar-refractivity contribution in [3.63, 3.8) is 0 Å². The Kier molecular flexibility index (Phi) is 7.30. The van der Waals surface area contributed by atoms with E-state index in [1.165, 1.54) is 5.56 Å². The predicted molar refractivity (Wildman–Crippen MR) is 107 cm³/mol. The van der Waals surface area contributed by atoms with Gasteiger partial charge in [-0.25, -0.2) is 0 Å². The molecule has 0 aromatic heterocycles. The molecule has 0 aliphatic carbocycles. The van der Waals surface area contributed by atoms with Gasteiger partial charge in [-0.1, -0.05) is 52.8 Å². The highest BCUT2D eigenvalue weighted by Gasteiger charge is 2.37. The molecular weight excluding hydrogens is 312 g/mol. The number of allylic oxidation sites excluding steroid dienone is 1. The van der Waals surface area contributed by atoms with E-state index < -0.39 is 8.32 Å². The fourth-order valence-electron chi connectivity index (χ4n) is 2.57. The van der Waals surface area contributed by atoms with E-state index in [4.69, 9.17) is 4.43 Å². The smallest absolute Gasteiger partial charge is 0.192 e. The molecule has 2 nitrogen and oxygen atoms in total. The zero-order valence-electron chi connectivity index (χ0n) is 16.6. The minimum atomic E-state index is -1.76. The molecule has 0 fully saturated rings. The van der Waals surface area contributed by atoms with Crippen LogP contribution in [-0.2, 0) is 10.8 Å². The maximum Gasteiger partial charge on any atom is 0.192 e. The van der Waals surface area contributed by atoms with E-state index in [0.717, 1.165) is 18.6 Å². The molecule has 0 spiro atoms. The first-order valence-corrected chi connectivity index (χ1v) is 12.0. The van der Waals surface area contributed by atoms with Crippen LogP contribution in [0.5, 0.6) is 5.75 Å². The SMILES string of the molecule is C=CCc1cc(C(CO[Si](C)(C)C(C)(C)C)CC(C)C)ccc1O. The summed E-state index contributed by atoms with van der Waals surface area (Å²) < 4.78 is 6.50. The van der Waals surface area contributed by atoms with E-state index in [2.05, 4.69) is 60.4 Å². The van der Waals surface area contributed by atoms with E-state index in [1.807, 2.05) is 18.2 Å². The topological polar surface area (TPSA) is 29.5 Å². The van der Waals surface area contributed by atoms with Gasteiger partial charge < -0.3 is 9.53 Å². The average Bonchev–Trinajstić information content (AvgIpc) is 2.44. The number of hydrogen-bond donors (Lipinski definition) is 1. The molecule has 1 unspecified atom stereocenters. The Balaban J connectivity index is 3.01. The Morgan fingerprint density at radius 1 is 1.25 bits per heavy atom. The molecule has 1 N–H and O–H groups in total. The largest absolute Gasteiger partial charge is 0.508 e. The van der Waals surface area contributed by atoms with Gasteiger partial charge in [0.05, 0.1) is 0 Å². The summed E-state index contributed by atoms with van der Waals surface area (Å²) in [6.45, 7) is 20.5. The monoisotopic (exact) mass is 348 g/mol. The summed E-state index contributed by atoms with van der Waals surface area (Å²) in [5.74, 6) is 1.32. The van der Waals surface area contributed by atoms with Crippen molar-refractivity contribution in [3.05, 3.63) is 42.0 Å². The molecule has 0 heterocycles. The van der Waals surface area contributed by atoms with Gasteiger partial charge in [-0.05, 0) is 54.1 Å². The van der Waals surface area contributed by atoms with E-state index in [9.17, 15) is 5.11 Å². The number of aromatic hydroxyl groups is 1. The Bertz CT molecular complexity index is 541. The lowest BCUT2D eigenvalue weighted by molar-refractivity contribution is 0.247. The van der Waals surface area contributed by atoms with E-state index in [1.54, 1.807) is 0 Å². The van der Waals surface area contributed by atoms with Crippen molar-refractivity contribution in [1.29, 1.82) is 0 Å². The van der Waals surface area contributed by atoms with Crippen molar-refractivity contribution in [2.45, 2.75) is 71.5 Å². The van der Waals surface area contributed by atoms with E-state index >= 15 is 0 Å². The van der Waals surface area contributed by atoms with Gasteiger partial charge in [-0.15, -0.1) is 6.58 Å². The third-order valence-electron chi connectivity index (χ3n) is 5.15. The van der Waals surface area contributed by atoms with Crippen LogP contribution >= 0.6 is 0 Å². The first-order valence-electron chi connectivity index (χ1n) is 9.04. The number of hydrogen-bond acceptors (Lipinski definition) is 2. The summed E-state index contributed by atoms with van der Waals surface area (Å²) in [5.41, 5.74) is 2.21. The van der Waals surface area contributed by atoms with Crippen LogP contribution in [0.1, 0.15) is 58.1 Å². The lowest BCUT2D eigenvalue weighted by Crippen LogP contribution is -2.41. The second kappa shape index (κ2) is 8.35. The van der Waals surface area contributed by atoms with Crippen LogP contribution in [0.3, 0.4) is 0 Å². The highest BCUT2D eigenvalue weighted by Crippen LogP contribution is 2.38. The van der Waals surface area contributed by atoms with Crippen molar-refractivity contribution in [1.82, 2.24) is 0 Å². The van der Waals surface area contributed by atoms with Crippen molar-refractivity contribution >= 4 is 8.32 Å². The highest BCUT2D eigenvalue weighted by molar-refractivity contribution is 6.74. The van der Waals surface area contributed by atoms with Crippen LogP contribution in [0.4, 0.5) is 0 Å². The number of rotatable bonds is 8. The summed E-state index contributed by atoms with van der Waals surface area (Å²) in [4.78, 5) is 0. The van der Waals surface area contributed by atoms with Crippen LogP contribution in [-0.4, -0.2) is 20.0 Å². The summed E-state index contributed by atoms with van der Waals surface area (Å²) in [6, 6.07) is 5.98. The molecule has 0 amide bonds. The molecule has 0 bridgehead atoms. The van der Waals surface area contributed by atoms with Crippen LogP contribution < -0.4 is 0 Å². The zero-order chi connectivity index (χ0) is 18.5. The minimum absolute atomic E-state index is 0.221. The Hall–Kier alpha value is -1.06. The lowest BCUT2D eigenvalue weighted by Gasteiger charge is -2.37. The molecule has 136 valence electrons. The molecule has 0 saturated heterocycles. The molecule has 1 rings (SSSR count). The summed E-state index contributed by atoms with van der Waals surface area (Å²) in [7, 11) is -1.76. The molecule has 0 radical (unpaired) electrons. The third kappa shape index (κ3) is 5.78. The molecule has 0 aliphatic heterocycles. The average molecular weight is 349 g/mol. The van der Waals surface area contributed by atoms with Gasteiger partial charge in [0.25, 0.3) is 0 Å². The van der Waals surface area contributed by atoms with Crippen LogP contribution in [0.25, 0.3) is 0 Å².